The topological polar surface area (TPSA) is 67.4 Å². The molecule has 0 spiro atoms. The third-order valence-corrected chi connectivity index (χ3v) is 13.4. The first-order valence-electron chi connectivity index (χ1n) is 28.5. The first-order valence-corrected chi connectivity index (χ1v) is 28.5. The predicted molar refractivity (Wildman–Crippen MR) is 277 cm³/mol. The van der Waals surface area contributed by atoms with E-state index < -0.39 is 0 Å². The van der Waals surface area contributed by atoms with Crippen LogP contribution in [0.25, 0.3) is 0 Å². The van der Waals surface area contributed by atoms with Gasteiger partial charge in [0.25, 0.3) is 11.8 Å². The molecule has 0 fully saturated rings. The molecule has 0 radical (unpaired) electrons. The summed E-state index contributed by atoms with van der Waals surface area (Å²) in [5, 5.41) is 6.29. The molecule has 0 aliphatic heterocycles. The fourth-order valence-corrected chi connectivity index (χ4v) is 9.04. The molecule has 1 rings (SSSR count). The molecule has 2 N–H and O–H groups in total. The van der Waals surface area contributed by atoms with Crippen LogP contribution >= 0.6 is 0 Å². The molecule has 2 amide bonds. The van der Waals surface area contributed by atoms with Gasteiger partial charge in [-0.15, -0.1) is 0 Å². The molecule has 0 unspecified atom stereocenters. The van der Waals surface area contributed by atoms with E-state index in [9.17, 15) is 9.59 Å². The molecule has 63 heavy (non-hydrogen) atoms. The third-order valence-electron chi connectivity index (χ3n) is 13.4. The van der Waals surface area contributed by atoms with Gasteiger partial charge in [-0.25, -0.2) is 0 Å². The van der Waals surface area contributed by atoms with E-state index in [4.69, 9.17) is 4.74 Å². The minimum atomic E-state index is -0.0962. The van der Waals surface area contributed by atoms with Gasteiger partial charge >= 0.3 is 0 Å². The largest absolute Gasteiger partial charge is 0.493 e. The molecule has 1 aromatic carbocycles. The fourth-order valence-electron chi connectivity index (χ4n) is 9.04. The van der Waals surface area contributed by atoms with Crippen molar-refractivity contribution >= 4 is 11.8 Å². The zero-order valence-electron chi connectivity index (χ0n) is 42.7. The molecule has 5 heteroatoms. The van der Waals surface area contributed by atoms with Crippen molar-refractivity contribution in [2.75, 3.05) is 19.7 Å². The van der Waals surface area contributed by atoms with Gasteiger partial charge < -0.3 is 15.4 Å². The van der Waals surface area contributed by atoms with Gasteiger partial charge in [0.1, 0.15) is 5.75 Å². The summed E-state index contributed by atoms with van der Waals surface area (Å²) in [4.78, 5) is 26.6. The number of unbranched alkanes of at least 4 members (excludes halogenated alkanes) is 41. The minimum absolute atomic E-state index is 0.0773. The summed E-state index contributed by atoms with van der Waals surface area (Å²) in [5.41, 5.74) is 1.12. The molecule has 0 saturated heterocycles. The average molecular weight is 882 g/mol. The van der Waals surface area contributed by atoms with Crippen molar-refractivity contribution in [3.63, 3.8) is 0 Å². The highest BCUT2D eigenvalue weighted by atomic mass is 16.5. The first-order chi connectivity index (χ1) is 31.1. The van der Waals surface area contributed by atoms with E-state index in [-0.39, 0.29) is 11.8 Å². The van der Waals surface area contributed by atoms with Gasteiger partial charge in [0.2, 0.25) is 0 Å². The van der Waals surface area contributed by atoms with Gasteiger partial charge in [-0.2, -0.15) is 0 Å². The van der Waals surface area contributed by atoms with Crippen LogP contribution in [0.1, 0.15) is 324 Å². The second-order valence-electron chi connectivity index (χ2n) is 19.6. The van der Waals surface area contributed by atoms with Gasteiger partial charge in [-0.1, -0.05) is 284 Å². The van der Waals surface area contributed by atoms with Crippen molar-refractivity contribution in [2.45, 2.75) is 303 Å². The molecule has 368 valence electrons. The van der Waals surface area contributed by atoms with E-state index in [0.29, 0.717) is 36.6 Å². The highest BCUT2D eigenvalue weighted by molar-refractivity contribution is 6.00. The number of nitrogens with one attached hydrogen (secondary N) is 2. The van der Waals surface area contributed by atoms with Crippen molar-refractivity contribution in [1.29, 1.82) is 0 Å². The maximum absolute atomic E-state index is 13.4. The van der Waals surface area contributed by atoms with Crippen LogP contribution in [0.2, 0.25) is 0 Å². The molecule has 1 aromatic rings. The molecule has 0 aliphatic rings. The van der Waals surface area contributed by atoms with Crippen LogP contribution in [-0.2, 0) is 0 Å². The smallest absolute Gasteiger partial charge is 0.255 e. The van der Waals surface area contributed by atoms with E-state index in [2.05, 4.69) is 31.4 Å². The Labute approximate surface area is 393 Å². The Morgan fingerprint density at radius 2 is 0.619 bits per heavy atom. The van der Waals surface area contributed by atoms with Crippen LogP contribution in [-0.4, -0.2) is 31.5 Å². The van der Waals surface area contributed by atoms with E-state index in [0.717, 1.165) is 38.5 Å². The number of hydrogen-bond acceptors (Lipinski definition) is 3. The van der Waals surface area contributed by atoms with Crippen LogP contribution in [0.4, 0.5) is 0 Å². The Kier molecular flexibility index (Phi) is 44.8. The number of rotatable bonds is 50. The van der Waals surface area contributed by atoms with Crippen LogP contribution in [0.3, 0.4) is 0 Å². The van der Waals surface area contributed by atoms with E-state index in [1.165, 1.54) is 244 Å². The van der Waals surface area contributed by atoms with Gasteiger partial charge in [-0.3, -0.25) is 9.59 Å². The van der Waals surface area contributed by atoms with Crippen LogP contribution in [0.5, 0.6) is 5.75 Å². The van der Waals surface area contributed by atoms with Gasteiger partial charge in [0, 0.05) is 18.7 Å². The lowest BCUT2D eigenvalue weighted by Gasteiger charge is -2.14. The lowest BCUT2D eigenvalue weighted by atomic mass is 10.0. The Hall–Kier alpha value is -2.04. The van der Waals surface area contributed by atoms with Crippen LogP contribution < -0.4 is 15.4 Å². The summed E-state index contributed by atoms with van der Waals surface area (Å²) in [6.45, 7) is 8.80. The molecule has 0 aromatic heterocycles. The van der Waals surface area contributed by atoms with Crippen molar-refractivity contribution < 1.29 is 14.3 Å². The summed E-state index contributed by atoms with van der Waals surface area (Å²) >= 11 is 0. The van der Waals surface area contributed by atoms with Crippen molar-refractivity contribution in [3.05, 3.63) is 29.3 Å². The molecule has 0 atom stereocenters. The number of benzene rings is 1. The summed E-state index contributed by atoms with van der Waals surface area (Å²) < 4.78 is 6.28. The first kappa shape index (κ1) is 59.0. The standard InChI is InChI=1S/C58H108N2O3/c1-4-7-10-13-16-19-22-25-28-30-33-36-39-42-45-50-59-57(61)54-48-49-55(56(53-54)63-52-47-44-41-38-35-32-27-24-21-18-15-12-9-6-3)58(62)60-51-46-43-40-37-34-31-29-26-23-20-17-14-11-8-5-2/h48-49,53H,4-47,50-52H2,1-3H3,(H,59,61)(H,60,62). The van der Waals surface area contributed by atoms with Crippen LogP contribution in [0.15, 0.2) is 18.2 Å². The molecule has 0 aliphatic carbocycles. The summed E-state index contributed by atoms with van der Waals surface area (Å²) in [5.74, 6) is 0.367. The maximum Gasteiger partial charge on any atom is 0.255 e. The van der Waals surface area contributed by atoms with Crippen molar-refractivity contribution in [1.82, 2.24) is 10.6 Å². The molecule has 5 nitrogen and oxygen atoms in total. The van der Waals surface area contributed by atoms with E-state index in [1.54, 1.807) is 18.2 Å². The van der Waals surface area contributed by atoms with Gasteiger partial charge in [-0.05, 0) is 37.5 Å². The summed E-state index contributed by atoms with van der Waals surface area (Å²) in [6.07, 6.45) is 58.5. The summed E-state index contributed by atoms with van der Waals surface area (Å²) in [6, 6.07) is 5.39. The zero-order chi connectivity index (χ0) is 45.4. The Morgan fingerprint density at radius 3 is 0.937 bits per heavy atom. The monoisotopic (exact) mass is 881 g/mol. The molecule has 0 heterocycles. The second-order valence-corrected chi connectivity index (χ2v) is 19.6. The van der Waals surface area contributed by atoms with Crippen molar-refractivity contribution in [3.8, 4) is 5.75 Å². The number of ether oxygens (including phenoxy) is 1. The Balaban J connectivity index is 2.38. The molecular formula is C58H108N2O3. The maximum atomic E-state index is 13.4. The minimum Gasteiger partial charge on any atom is -0.493 e. The van der Waals surface area contributed by atoms with E-state index in [1.807, 2.05) is 0 Å². The fraction of sp³-hybridized carbons (Fsp3) is 0.862. The normalized spacial score (nSPS) is 11.3. The van der Waals surface area contributed by atoms with Gasteiger partial charge in [0.05, 0.1) is 12.2 Å². The predicted octanol–water partition coefficient (Wildman–Crippen LogP) is 18.7. The average Bonchev–Trinajstić information content (AvgIpc) is 3.29. The molecule has 0 bridgehead atoms. The second kappa shape index (κ2) is 47.9. The molecular weight excluding hydrogens is 773 g/mol. The highest BCUT2D eigenvalue weighted by Gasteiger charge is 2.16. The SMILES string of the molecule is CCCCCCCCCCCCCCCCCNC(=O)c1ccc(C(=O)NCCCCCCCCCCCCCCCCC)c(OCCCCCCCCCCCCCCCC)c1. The third kappa shape index (κ3) is 38.9. The number of amides is 2. The molecule has 0 saturated carbocycles. The number of hydrogen-bond donors (Lipinski definition) is 2. The Morgan fingerprint density at radius 1 is 0.349 bits per heavy atom. The summed E-state index contributed by atoms with van der Waals surface area (Å²) in [7, 11) is 0. The van der Waals surface area contributed by atoms with Crippen LogP contribution in [0, 0.1) is 0 Å². The van der Waals surface area contributed by atoms with Crippen molar-refractivity contribution in [2.24, 2.45) is 0 Å². The Bertz CT molecular complexity index is 1120. The highest BCUT2D eigenvalue weighted by Crippen LogP contribution is 2.23. The number of carbonyl (C=O) groups is 2. The van der Waals surface area contributed by atoms with E-state index >= 15 is 0 Å². The lowest BCUT2D eigenvalue weighted by Crippen LogP contribution is -2.26. The quantitative estimate of drug-likeness (QED) is 0.0641. The zero-order valence-corrected chi connectivity index (χ0v) is 42.7. The van der Waals surface area contributed by atoms with Gasteiger partial charge in [0.15, 0.2) is 0 Å². The lowest BCUT2D eigenvalue weighted by molar-refractivity contribution is 0.0937. The number of carbonyl (C=O) groups excluding carboxylic acids is 2.